The number of amides is 1. The first-order valence-corrected chi connectivity index (χ1v) is 10.5. The number of carbonyl (C=O) groups excluding carboxylic acids is 1. The lowest BCUT2D eigenvalue weighted by Gasteiger charge is -2.20. The average molecular weight is 454 g/mol. The van der Waals surface area contributed by atoms with Gasteiger partial charge < -0.3 is 15.7 Å². The number of halogens is 1. The second-order valence-corrected chi connectivity index (χ2v) is 8.42. The maximum absolute atomic E-state index is 14.3. The minimum absolute atomic E-state index is 0.0183. The van der Waals surface area contributed by atoms with E-state index < -0.39 is 5.82 Å². The predicted molar refractivity (Wildman–Crippen MR) is 125 cm³/mol. The van der Waals surface area contributed by atoms with Gasteiger partial charge in [-0.3, -0.25) is 9.63 Å². The van der Waals surface area contributed by atoms with Crippen molar-refractivity contribution in [2.24, 2.45) is 0 Å². The number of anilines is 3. The predicted octanol–water partition coefficient (Wildman–Crippen LogP) is 3.92. The van der Waals surface area contributed by atoms with E-state index in [9.17, 15) is 9.18 Å². The van der Waals surface area contributed by atoms with Crippen molar-refractivity contribution in [3.8, 4) is 0 Å². The zero-order valence-electron chi connectivity index (χ0n) is 18.9. The second-order valence-electron chi connectivity index (χ2n) is 8.42. The molecule has 1 amide bonds. The maximum atomic E-state index is 14.3. The van der Waals surface area contributed by atoms with E-state index in [1.807, 2.05) is 24.3 Å². The molecule has 0 radical (unpaired) electrons. The molecule has 0 fully saturated rings. The van der Waals surface area contributed by atoms with Gasteiger partial charge in [0, 0.05) is 17.8 Å². The van der Waals surface area contributed by atoms with Crippen LogP contribution in [0.4, 0.5) is 21.8 Å². The molecule has 0 saturated carbocycles. The topological polar surface area (TPSA) is 108 Å². The van der Waals surface area contributed by atoms with Crippen molar-refractivity contribution in [3.05, 3.63) is 77.2 Å². The number of hydrogen-bond acceptors (Lipinski definition) is 7. The number of benzene rings is 2. The molecule has 4 N–H and O–H groups in total. The van der Waals surface area contributed by atoms with Gasteiger partial charge >= 0.3 is 0 Å². The molecule has 33 heavy (non-hydrogen) atoms. The van der Waals surface area contributed by atoms with Gasteiger partial charge in [0.25, 0.3) is 5.91 Å². The lowest BCUT2D eigenvalue weighted by atomic mass is 9.87. The molecular formula is C24H28FN5O3. The maximum Gasteiger partial charge on any atom is 0.251 e. The molecule has 9 heteroatoms. The van der Waals surface area contributed by atoms with Crippen LogP contribution in [0.15, 0.2) is 54.7 Å². The van der Waals surface area contributed by atoms with Crippen molar-refractivity contribution in [1.82, 2.24) is 15.3 Å². The van der Waals surface area contributed by atoms with Crippen LogP contribution in [0.2, 0.25) is 0 Å². The Morgan fingerprint density at radius 1 is 1.15 bits per heavy atom. The van der Waals surface area contributed by atoms with Gasteiger partial charge in [0.1, 0.15) is 0 Å². The van der Waals surface area contributed by atoms with Crippen LogP contribution >= 0.6 is 0 Å². The van der Waals surface area contributed by atoms with E-state index in [-0.39, 0.29) is 42.8 Å². The van der Waals surface area contributed by atoms with Crippen LogP contribution in [0.5, 0.6) is 0 Å². The summed E-state index contributed by atoms with van der Waals surface area (Å²) in [5.74, 6) is -0.775. The van der Waals surface area contributed by atoms with Gasteiger partial charge in [0.2, 0.25) is 5.95 Å². The highest BCUT2D eigenvalue weighted by molar-refractivity contribution is 5.94. The molecule has 2 aromatic carbocycles. The van der Waals surface area contributed by atoms with Gasteiger partial charge in [0.05, 0.1) is 19.4 Å². The molecule has 0 aliphatic heterocycles. The summed E-state index contributed by atoms with van der Waals surface area (Å²) in [5, 5.41) is 14.4. The Morgan fingerprint density at radius 2 is 1.94 bits per heavy atom. The Kier molecular flexibility index (Phi) is 7.92. The van der Waals surface area contributed by atoms with Gasteiger partial charge in [0.15, 0.2) is 11.6 Å². The third kappa shape index (κ3) is 6.96. The Morgan fingerprint density at radius 3 is 2.70 bits per heavy atom. The average Bonchev–Trinajstić information content (AvgIpc) is 2.79. The van der Waals surface area contributed by atoms with Gasteiger partial charge in [-0.05, 0) is 40.8 Å². The van der Waals surface area contributed by atoms with Crippen LogP contribution in [0, 0.1) is 5.82 Å². The van der Waals surface area contributed by atoms with Gasteiger partial charge in [-0.2, -0.15) is 4.98 Å². The molecular weight excluding hydrogens is 425 g/mol. The Hall–Kier alpha value is -3.56. The molecule has 1 heterocycles. The third-order valence-electron chi connectivity index (χ3n) is 4.72. The summed E-state index contributed by atoms with van der Waals surface area (Å²) in [4.78, 5) is 25.5. The molecule has 1 aromatic heterocycles. The number of hydrogen-bond donors (Lipinski definition) is 4. The fourth-order valence-electron chi connectivity index (χ4n) is 2.96. The quantitative estimate of drug-likeness (QED) is 0.364. The monoisotopic (exact) mass is 453 g/mol. The summed E-state index contributed by atoms with van der Waals surface area (Å²) in [6.45, 7) is 6.49. The van der Waals surface area contributed by atoms with E-state index >= 15 is 0 Å². The van der Waals surface area contributed by atoms with Crippen molar-refractivity contribution in [3.63, 3.8) is 0 Å². The van der Waals surface area contributed by atoms with E-state index in [0.717, 1.165) is 17.3 Å². The fraction of sp³-hybridized carbons (Fsp3) is 0.292. The van der Waals surface area contributed by atoms with Crippen molar-refractivity contribution in [1.29, 1.82) is 0 Å². The first-order valence-electron chi connectivity index (χ1n) is 10.5. The summed E-state index contributed by atoms with van der Waals surface area (Å²) in [7, 11) is 0. The summed E-state index contributed by atoms with van der Waals surface area (Å²) >= 11 is 0. The number of aliphatic hydroxyl groups excluding tert-OH is 1. The second kappa shape index (κ2) is 10.8. The van der Waals surface area contributed by atoms with Crippen LogP contribution in [-0.4, -0.2) is 34.1 Å². The van der Waals surface area contributed by atoms with Crippen molar-refractivity contribution < 1.29 is 19.1 Å². The van der Waals surface area contributed by atoms with Crippen molar-refractivity contribution >= 4 is 23.4 Å². The molecule has 0 unspecified atom stereocenters. The molecule has 0 spiro atoms. The van der Waals surface area contributed by atoms with Gasteiger partial charge in [-0.15, -0.1) is 0 Å². The highest BCUT2D eigenvalue weighted by Gasteiger charge is 2.15. The van der Waals surface area contributed by atoms with Crippen LogP contribution in [0.3, 0.4) is 0 Å². The number of carbonyl (C=O) groups is 1. The lowest BCUT2D eigenvalue weighted by Crippen LogP contribution is -2.26. The fourth-order valence-corrected chi connectivity index (χ4v) is 2.96. The van der Waals surface area contributed by atoms with Crippen LogP contribution in [-0.2, 0) is 16.9 Å². The van der Waals surface area contributed by atoms with Gasteiger partial charge in [-0.1, -0.05) is 45.0 Å². The third-order valence-corrected chi connectivity index (χ3v) is 4.72. The van der Waals surface area contributed by atoms with Crippen molar-refractivity contribution in [2.45, 2.75) is 32.8 Å². The summed E-state index contributed by atoms with van der Waals surface area (Å²) in [6.07, 6.45) is 1.06. The van der Waals surface area contributed by atoms with Gasteiger partial charge in [-0.25, -0.2) is 14.9 Å². The number of aromatic nitrogens is 2. The minimum atomic E-state index is -0.594. The minimum Gasteiger partial charge on any atom is -0.395 e. The number of rotatable bonds is 9. The summed E-state index contributed by atoms with van der Waals surface area (Å²) in [5.41, 5.74) is 5.56. The summed E-state index contributed by atoms with van der Waals surface area (Å²) in [6, 6.07) is 14.6. The number of nitrogens with zero attached hydrogens (tertiary/aromatic N) is 2. The van der Waals surface area contributed by atoms with E-state index in [4.69, 9.17) is 9.94 Å². The molecule has 0 bridgehead atoms. The number of nitrogens with one attached hydrogen (secondary N) is 3. The van der Waals surface area contributed by atoms with E-state index in [1.54, 1.807) is 24.3 Å². The first kappa shape index (κ1) is 24.1. The summed E-state index contributed by atoms with van der Waals surface area (Å²) < 4.78 is 14.3. The SMILES string of the molecule is CC(C)(C)c1cccc(Nc2nc(NOCc3cccc(C(=O)NCCO)c3)ncc2F)c1. The Labute approximate surface area is 192 Å². The Balaban J connectivity index is 1.62. The highest BCUT2D eigenvalue weighted by atomic mass is 19.1. The van der Waals surface area contributed by atoms with Crippen molar-refractivity contribution in [2.75, 3.05) is 23.9 Å². The first-order chi connectivity index (χ1) is 15.8. The van der Waals surface area contributed by atoms with E-state index in [1.165, 1.54) is 0 Å². The number of aliphatic hydroxyl groups is 1. The molecule has 3 aromatic rings. The molecule has 174 valence electrons. The largest absolute Gasteiger partial charge is 0.395 e. The van der Waals surface area contributed by atoms with Crippen LogP contribution < -0.4 is 16.1 Å². The van der Waals surface area contributed by atoms with Crippen LogP contribution in [0.25, 0.3) is 0 Å². The lowest BCUT2D eigenvalue weighted by molar-refractivity contribution is 0.0944. The normalized spacial score (nSPS) is 11.2. The Bertz CT molecular complexity index is 1100. The smallest absolute Gasteiger partial charge is 0.251 e. The van der Waals surface area contributed by atoms with E-state index in [2.05, 4.69) is 46.9 Å². The molecule has 0 aliphatic carbocycles. The molecule has 0 atom stereocenters. The standard InChI is InChI=1S/C24H28FN5O3/c1-24(2,3)18-8-5-9-19(13-18)28-21-20(25)14-27-23(29-21)30-33-15-16-6-4-7-17(12-16)22(32)26-10-11-31/h4-9,12-14,31H,10-11,15H2,1-3H3,(H,26,32)(H2,27,28,29,30). The molecule has 8 nitrogen and oxygen atoms in total. The highest BCUT2D eigenvalue weighted by Crippen LogP contribution is 2.26. The van der Waals surface area contributed by atoms with E-state index in [0.29, 0.717) is 11.3 Å². The zero-order valence-corrected chi connectivity index (χ0v) is 18.9. The molecule has 3 rings (SSSR count). The zero-order chi connectivity index (χ0) is 23.8. The van der Waals surface area contributed by atoms with Crippen LogP contribution in [0.1, 0.15) is 42.3 Å². The molecule has 0 aliphatic rings. The molecule has 0 saturated heterocycles.